The fraction of sp³-hybridized carbons (Fsp3) is 0.455. The fourth-order valence-corrected chi connectivity index (χ4v) is 3.99. The van der Waals surface area contributed by atoms with E-state index in [0.29, 0.717) is 15.8 Å². The number of hydrogen-bond acceptors (Lipinski definition) is 5. The Morgan fingerprint density at radius 3 is 2.61 bits per heavy atom. The zero-order chi connectivity index (χ0) is 13.3. The number of halogens is 1. The van der Waals surface area contributed by atoms with Gasteiger partial charge in [-0.15, -0.1) is 0 Å². The molecule has 2 atom stereocenters. The first-order chi connectivity index (χ1) is 8.41. The summed E-state index contributed by atoms with van der Waals surface area (Å²) in [4.78, 5) is 0. The molecule has 1 saturated heterocycles. The van der Waals surface area contributed by atoms with Gasteiger partial charge in [0, 0.05) is 0 Å². The topological polar surface area (TPSA) is 83.8 Å². The van der Waals surface area contributed by atoms with Crippen LogP contribution in [0.1, 0.15) is 5.56 Å². The predicted octanol–water partition coefficient (Wildman–Crippen LogP) is 0.478. The van der Waals surface area contributed by atoms with Crippen LogP contribution in [0, 0.1) is 0 Å². The summed E-state index contributed by atoms with van der Waals surface area (Å²) in [5, 5.41) is 18.6. The van der Waals surface area contributed by atoms with Crippen LogP contribution in [0.3, 0.4) is 0 Å². The molecule has 0 aliphatic carbocycles. The number of hydrogen-bond donors (Lipinski definition) is 2. The smallest absolute Gasteiger partial charge is 0.156 e. The van der Waals surface area contributed by atoms with Gasteiger partial charge in [-0.2, -0.15) is 0 Å². The maximum absolute atomic E-state index is 11.3. The Bertz CT molecular complexity index is 542. The molecule has 100 valence electrons. The summed E-state index contributed by atoms with van der Waals surface area (Å²) >= 11 is 3.28. The molecule has 0 saturated carbocycles. The number of aliphatic hydroxyl groups excluding tert-OH is 2. The molecule has 18 heavy (non-hydrogen) atoms. The standard InChI is InChI=1S/C11H13BrO5S/c12-8-3-7(4-13)1-2-10(8)17-11-6-18(15,16)5-9(11)14/h1-3,9,11,13-14H,4-6H2. The minimum Gasteiger partial charge on any atom is -0.485 e. The van der Waals surface area contributed by atoms with E-state index in [1.165, 1.54) is 0 Å². The molecule has 1 aliphatic heterocycles. The minimum atomic E-state index is -3.22. The summed E-state index contributed by atoms with van der Waals surface area (Å²) in [7, 11) is -3.22. The Morgan fingerprint density at radius 2 is 2.11 bits per heavy atom. The molecule has 0 amide bonds. The molecule has 1 fully saturated rings. The first-order valence-corrected chi connectivity index (χ1v) is 7.97. The lowest BCUT2D eigenvalue weighted by molar-refractivity contribution is 0.0732. The van der Waals surface area contributed by atoms with Gasteiger partial charge in [-0.05, 0) is 33.6 Å². The molecule has 1 aromatic rings. The molecule has 0 bridgehead atoms. The van der Waals surface area contributed by atoms with Gasteiger partial charge in [0.05, 0.1) is 22.6 Å². The maximum Gasteiger partial charge on any atom is 0.156 e. The van der Waals surface area contributed by atoms with Crippen LogP contribution in [0.25, 0.3) is 0 Å². The minimum absolute atomic E-state index is 0.0840. The highest BCUT2D eigenvalue weighted by atomic mass is 79.9. The van der Waals surface area contributed by atoms with E-state index >= 15 is 0 Å². The third-order valence-electron chi connectivity index (χ3n) is 2.73. The zero-order valence-electron chi connectivity index (χ0n) is 9.41. The van der Waals surface area contributed by atoms with Gasteiger partial charge in [0.25, 0.3) is 0 Å². The van der Waals surface area contributed by atoms with Gasteiger partial charge in [-0.1, -0.05) is 6.07 Å². The molecule has 2 N–H and O–H groups in total. The van der Waals surface area contributed by atoms with Crippen molar-refractivity contribution in [2.24, 2.45) is 0 Å². The lowest BCUT2D eigenvalue weighted by atomic mass is 10.2. The number of rotatable bonds is 3. The van der Waals surface area contributed by atoms with E-state index in [1.54, 1.807) is 18.2 Å². The molecular formula is C11H13BrO5S. The molecular weight excluding hydrogens is 324 g/mol. The Balaban J connectivity index is 2.15. The largest absolute Gasteiger partial charge is 0.485 e. The molecule has 7 heteroatoms. The first kappa shape index (κ1) is 13.8. The van der Waals surface area contributed by atoms with Gasteiger partial charge in [-0.3, -0.25) is 0 Å². The second-order valence-corrected chi connectivity index (χ2v) is 7.23. The van der Waals surface area contributed by atoms with Crippen molar-refractivity contribution in [3.8, 4) is 5.75 Å². The van der Waals surface area contributed by atoms with Crippen molar-refractivity contribution in [3.05, 3.63) is 28.2 Å². The summed E-state index contributed by atoms with van der Waals surface area (Å²) in [5.74, 6) is 0.0140. The molecule has 1 aliphatic rings. The van der Waals surface area contributed by atoms with E-state index in [-0.39, 0.29) is 18.1 Å². The van der Waals surface area contributed by atoms with Gasteiger partial charge in [-0.25, -0.2) is 8.42 Å². The highest BCUT2D eigenvalue weighted by Gasteiger charge is 2.38. The Kier molecular flexibility index (Phi) is 3.96. The molecule has 0 radical (unpaired) electrons. The molecule has 1 heterocycles. The number of benzene rings is 1. The number of sulfone groups is 1. The Morgan fingerprint density at radius 1 is 1.39 bits per heavy atom. The van der Waals surface area contributed by atoms with Crippen LogP contribution >= 0.6 is 15.9 Å². The Labute approximate surface area is 113 Å². The fourth-order valence-electron chi connectivity index (χ4n) is 1.81. The summed E-state index contributed by atoms with van der Waals surface area (Å²) < 4.78 is 28.8. The molecule has 1 aromatic carbocycles. The quantitative estimate of drug-likeness (QED) is 0.838. The monoisotopic (exact) mass is 336 g/mol. The van der Waals surface area contributed by atoms with Crippen molar-refractivity contribution in [3.63, 3.8) is 0 Å². The van der Waals surface area contributed by atoms with E-state index in [1.807, 2.05) is 0 Å². The van der Waals surface area contributed by atoms with E-state index in [2.05, 4.69) is 15.9 Å². The van der Waals surface area contributed by atoms with Crippen molar-refractivity contribution in [1.82, 2.24) is 0 Å². The van der Waals surface area contributed by atoms with Crippen molar-refractivity contribution in [2.45, 2.75) is 18.8 Å². The molecule has 5 nitrogen and oxygen atoms in total. The van der Waals surface area contributed by atoms with Crippen molar-refractivity contribution < 1.29 is 23.4 Å². The van der Waals surface area contributed by atoms with Crippen molar-refractivity contribution >= 4 is 25.8 Å². The average molecular weight is 337 g/mol. The lowest BCUT2D eigenvalue weighted by Gasteiger charge is -2.17. The number of ether oxygens (including phenoxy) is 1. The van der Waals surface area contributed by atoms with Crippen LogP contribution < -0.4 is 4.74 Å². The highest BCUT2D eigenvalue weighted by molar-refractivity contribution is 9.10. The van der Waals surface area contributed by atoms with Crippen LogP contribution in [-0.2, 0) is 16.4 Å². The van der Waals surface area contributed by atoms with E-state index in [4.69, 9.17) is 9.84 Å². The summed E-state index contributed by atoms with van der Waals surface area (Å²) in [6, 6.07) is 4.99. The van der Waals surface area contributed by atoms with Gasteiger partial charge in [0.15, 0.2) is 9.84 Å². The van der Waals surface area contributed by atoms with Crippen LogP contribution in [0.4, 0.5) is 0 Å². The second-order valence-electron chi connectivity index (χ2n) is 4.22. The maximum atomic E-state index is 11.3. The summed E-state index contributed by atoms with van der Waals surface area (Å²) in [6.07, 6.45) is -1.74. The van der Waals surface area contributed by atoms with Crippen LogP contribution in [0.2, 0.25) is 0 Å². The number of aliphatic hydroxyl groups is 2. The summed E-state index contributed by atoms with van der Waals surface area (Å²) in [6.45, 7) is -0.0840. The second kappa shape index (κ2) is 5.16. The van der Waals surface area contributed by atoms with Crippen molar-refractivity contribution in [2.75, 3.05) is 11.5 Å². The van der Waals surface area contributed by atoms with Gasteiger partial charge in [0.2, 0.25) is 0 Å². The SMILES string of the molecule is O=S1(=O)CC(O)C(Oc2ccc(CO)cc2Br)C1. The Hall–Kier alpha value is -0.630. The highest BCUT2D eigenvalue weighted by Crippen LogP contribution is 2.29. The van der Waals surface area contributed by atoms with Gasteiger partial charge in [0.1, 0.15) is 18.0 Å². The third kappa shape index (κ3) is 3.03. The van der Waals surface area contributed by atoms with Crippen LogP contribution in [0.5, 0.6) is 5.75 Å². The molecule has 0 spiro atoms. The van der Waals surface area contributed by atoms with Crippen LogP contribution in [-0.4, -0.2) is 42.3 Å². The molecule has 0 aromatic heterocycles. The average Bonchev–Trinajstić information content (AvgIpc) is 2.54. The van der Waals surface area contributed by atoms with E-state index in [0.717, 1.165) is 0 Å². The third-order valence-corrected chi connectivity index (χ3v) is 5.03. The molecule has 2 unspecified atom stereocenters. The van der Waals surface area contributed by atoms with Crippen molar-refractivity contribution in [1.29, 1.82) is 0 Å². The van der Waals surface area contributed by atoms with Crippen LogP contribution in [0.15, 0.2) is 22.7 Å². The molecule has 2 rings (SSSR count). The normalized spacial score (nSPS) is 26.2. The lowest BCUT2D eigenvalue weighted by Crippen LogP contribution is -2.29. The summed E-state index contributed by atoms with van der Waals surface area (Å²) in [5.41, 5.74) is 0.716. The van der Waals surface area contributed by atoms with E-state index in [9.17, 15) is 13.5 Å². The van der Waals surface area contributed by atoms with E-state index < -0.39 is 22.0 Å². The predicted molar refractivity (Wildman–Crippen MR) is 69.1 cm³/mol. The van der Waals surface area contributed by atoms with Gasteiger partial charge < -0.3 is 14.9 Å². The van der Waals surface area contributed by atoms with Gasteiger partial charge >= 0.3 is 0 Å². The first-order valence-electron chi connectivity index (χ1n) is 5.36. The zero-order valence-corrected chi connectivity index (χ0v) is 11.8.